The number of rotatable bonds is 7. The average molecular weight is 254 g/mol. The Bertz CT molecular complexity index is 403. The molecule has 0 aliphatic rings. The Labute approximate surface area is 105 Å². The Morgan fingerprint density at radius 3 is 2.78 bits per heavy atom. The minimum Gasteiger partial charge on any atom is -0.355 e. The number of nitrogens with zero attached hydrogens (tertiary/aromatic N) is 3. The summed E-state index contributed by atoms with van der Waals surface area (Å²) < 4.78 is 1.38. The van der Waals surface area contributed by atoms with Crippen LogP contribution in [0.4, 0.5) is 0 Å². The third kappa shape index (κ3) is 4.91. The quantitative estimate of drug-likeness (QED) is 0.541. The van der Waals surface area contributed by atoms with Crippen molar-refractivity contribution in [2.24, 2.45) is 5.73 Å². The highest BCUT2D eigenvalue weighted by molar-refractivity contribution is 5.84. The van der Waals surface area contributed by atoms with Crippen LogP contribution in [0.3, 0.4) is 0 Å². The molecule has 8 nitrogen and oxygen atoms in total. The van der Waals surface area contributed by atoms with Crippen LogP contribution in [0.2, 0.25) is 0 Å². The van der Waals surface area contributed by atoms with E-state index in [9.17, 15) is 9.59 Å². The Balaban J connectivity index is 2.27. The average Bonchev–Trinajstić information content (AvgIpc) is 2.81. The highest BCUT2D eigenvalue weighted by atomic mass is 16.2. The van der Waals surface area contributed by atoms with Gasteiger partial charge in [0.2, 0.25) is 11.8 Å². The maximum atomic E-state index is 11.5. The predicted molar refractivity (Wildman–Crippen MR) is 64.2 cm³/mol. The van der Waals surface area contributed by atoms with Crippen LogP contribution >= 0.6 is 0 Å². The number of hydrogen-bond donors (Lipinski definition) is 3. The van der Waals surface area contributed by atoms with E-state index < -0.39 is 0 Å². The van der Waals surface area contributed by atoms with Crippen LogP contribution in [0.1, 0.15) is 19.0 Å². The fourth-order valence-electron chi connectivity index (χ4n) is 1.22. The number of nitrogens with one attached hydrogen (secondary N) is 2. The molecule has 18 heavy (non-hydrogen) atoms. The Morgan fingerprint density at radius 1 is 1.39 bits per heavy atom. The summed E-state index contributed by atoms with van der Waals surface area (Å²) >= 11 is 0. The number of amides is 2. The summed E-state index contributed by atoms with van der Waals surface area (Å²) in [7, 11) is 0. The van der Waals surface area contributed by atoms with Crippen molar-refractivity contribution in [3.8, 4) is 0 Å². The standard InChI is InChI=1S/C10H18N6O2/c1-2-3-12-9(17)5-13-10(18)7-16-6-8(4-11)14-15-16/h6H,2-5,7,11H2,1H3,(H,12,17)(H,13,18). The first-order chi connectivity index (χ1) is 8.65. The van der Waals surface area contributed by atoms with Gasteiger partial charge in [0.1, 0.15) is 6.54 Å². The molecular weight excluding hydrogens is 236 g/mol. The maximum Gasteiger partial charge on any atom is 0.242 e. The molecule has 0 unspecified atom stereocenters. The minimum absolute atomic E-state index is 0.0219. The molecule has 0 bridgehead atoms. The van der Waals surface area contributed by atoms with Crippen LogP contribution in [-0.2, 0) is 22.7 Å². The molecule has 0 saturated heterocycles. The molecule has 0 radical (unpaired) electrons. The first kappa shape index (κ1) is 14.1. The summed E-state index contributed by atoms with van der Waals surface area (Å²) in [5, 5.41) is 12.6. The Morgan fingerprint density at radius 2 is 2.17 bits per heavy atom. The van der Waals surface area contributed by atoms with E-state index in [1.807, 2.05) is 6.92 Å². The van der Waals surface area contributed by atoms with Crippen molar-refractivity contribution in [2.75, 3.05) is 13.1 Å². The first-order valence-electron chi connectivity index (χ1n) is 5.78. The van der Waals surface area contributed by atoms with E-state index in [1.54, 1.807) is 6.20 Å². The van der Waals surface area contributed by atoms with E-state index in [4.69, 9.17) is 5.73 Å². The van der Waals surface area contributed by atoms with Gasteiger partial charge in [0.05, 0.1) is 18.4 Å². The molecule has 1 aromatic rings. The summed E-state index contributed by atoms with van der Waals surface area (Å²) in [5.41, 5.74) is 5.98. The Hall–Kier alpha value is -1.96. The van der Waals surface area contributed by atoms with E-state index in [2.05, 4.69) is 20.9 Å². The highest BCUT2D eigenvalue weighted by Gasteiger charge is 2.07. The summed E-state index contributed by atoms with van der Waals surface area (Å²) in [4.78, 5) is 22.7. The lowest BCUT2D eigenvalue weighted by Gasteiger charge is -2.05. The smallest absolute Gasteiger partial charge is 0.242 e. The summed E-state index contributed by atoms with van der Waals surface area (Å²) in [6.45, 7) is 2.84. The number of carbonyl (C=O) groups is 2. The molecular formula is C10H18N6O2. The third-order valence-corrected chi connectivity index (χ3v) is 2.12. The summed E-state index contributed by atoms with van der Waals surface area (Å²) in [5.74, 6) is -0.499. The fourth-order valence-corrected chi connectivity index (χ4v) is 1.22. The molecule has 1 heterocycles. The molecule has 8 heteroatoms. The molecule has 2 amide bonds. The zero-order valence-corrected chi connectivity index (χ0v) is 10.3. The van der Waals surface area contributed by atoms with Gasteiger partial charge in [0.25, 0.3) is 0 Å². The molecule has 100 valence electrons. The van der Waals surface area contributed by atoms with Gasteiger partial charge in [-0.05, 0) is 6.42 Å². The lowest BCUT2D eigenvalue weighted by molar-refractivity contribution is -0.126. The molecule has 0 aromatic carbocycles. The van der Waals surface area contributed by atoms with Crippen molar-refractivity contribution < 1.29 is 9.59 Å². The van der Waals surface area contributed by atoms with E-state index in [1.165, 1.54) is 4.68 Å². The normalized spacial score (nSPS) is 10.1. The topological polar surface area (TPSA) is 115 Å². The number of hydrogen-bond acceptors (Lipinski definition) is 5. The lowest BCUT2D eigenvalue weighted by atomic mass is 10.4. The number of aromatic nitrogens is 3. The zero-order valence-electron chi connectivity index (χ0n) is 10.3. The van der Waals surface area contributed by atoms with E-state index in [-0.39, 0.29) is 31.4 Å². The largest absolute Gasteiger partial charge is 0.355 e. The van der Waals surface area contributed by atoms with E-state index in [0.29, 0.717) is 12.2 Å². The third-order valence-electron chi connectivity index (χ3n) is 2.12. The SMILES string of the molecule is CCCNC(=O)CNC(=O)Cn1cc(CN)nn1. The van der Waals surface area contributed by atoms with Gasteiger partial charge in [-0.15, -0.1) is 5.10 Å². The van der Waals surface area contributed by atoms with Gasteiger partial charge >= 0.3 is 0 Å². The summed E-state index contributed by atoms with van der Waals surface area (Å²) in [6.07, 6.45) is 2.46. The monoisotopic (exact) mass is 254 g/mol. The molecule has 1 aromatic heterocycles. The molecule has 0 spiro atoms. The van der Waals surface area contributed by atoms with Crippen molar-refractivity contribution in [1.82, 2.24) is 25.6 Å². The first-order valence-corrected chi connectivity index (χ1v) is 5.78. The molecule has 0 fully saturated rings. The van der Waals surface area contributed by atoms with Crippen LogP contribution in [-0.4, -0.2) is 39.9 Å². The van der Waals surface area contributed by atoms with Crippen LogP contribution in [0, 0.1) is 0 Å². The van der Waals surface area contributed by atoms with Crippen molar-refractivity contribution in [1.29, 1.82) is 0 Å². The van der Waals surface area contributed by atoms with E-state index >= 15 is 0 Å². The van der Waals surface area contributed by atoms with Gasteiger partial charge in [-0.1, -0.05) is 12.1 Å². The van der Waals surface area contributed by atoms with Crippen molar-refractivity contribution in [3.05, 3.63) is 11.9 Å². The van der Waals surface area contributed by atoms with Crippen LogP contribution in [0.5, 0.6) is 0 Å². The number of carbonyl (C=O) groups excluding carboxylic acids is 2. The van der Waals surface area contributed by atoms with Crippen molar-refractivity contribution in [3.63, 3.8) is 0 Å². The Kier molecular flexibility index (Phi) is 5.78. The van der Waals surface area contributed by atoms with Crippen LogP contribution in [0.15, 0.2) is 6.20 Å². The molecule has 0 aliphatic heterocycles. The van der Waals surface area contributed by atoms with Gasteiger partial charge in [0, 0.05) is 13.1 Å². The van der Waals surface area contributed by atoms with Crippen LogP contribution in [0.25, 0.3) is 0 Å². The van der Waals surface area contributed by atoms with Crippen molar-refractivity contribution in [2.45, 2.75) is 26.4 Å². The van der Waals surface area contributed by atoms with Crippen LogP contribution < -0.4 is 16.4 Å². The number of nitrogens with two attached hydrogens (primary N) is 1. The molecule has 1 rings (SSSR count). The molecule has 0 aliphatic carbocycles. The van der Waals surface area contributed by atoms with Gasteiger partial charge in [-0.25, -0.2) is 4.68 Å². The molecule has 4 N–H and O–H groups in total. The second kappa shape index (κ2) is 7.38. The van der Waals surface area contributed by atoms with Gasteiger partial charge in [-0.2, -0.15) is 0 Å². The predicted octanol–water partition coefficient (Wildman–Crippen LogP) is -1.62. The maximum absolute atomic E-state index is 11.5. The lowest BCUT2D eigenvalue weighted by Crippen LogP contribution is -2.38. The van der Waals surface area contributed by atoms with Gasteiger partial charge < -0.3 is 16.4 Å². The fraction of sp³-hybridized carbons (Fsp3) is 0.600. The highest BCUT2D eigenvalue weighted by Crippen LogP contribution is 1.90. The second-order valence-corrected chi connectivity index (χ2v) is 3.74. The van der Waals surface area contributed by atoms with E-state index in [0.717, 1.165) is 6.42 Å². The molecule has 0 saturated carbocycles. The van der Waals surface area contributed by atoms with Crippen molar-refractivity contribution >= 4 is 11.8 Å². The minimum atomic E-state index is -0.296. The second-order valence-electron chi connectivity index (χ2n) is 3.74. The van der Waals surface area contributed by atoms with Gasteiger partial charge in [0.15, 0.2) is 0 Å². The summed E-state index contributed by atoms with van der Waals surface area (Å²) in [6, 6.07) is 0. The van der Waals surface area contributed by atoms with Gasteiger partial charge in [-0.3, -0.25) is 9.59 Å². The zero-order chi connectivity index (χ0) is 13.4. The molecule has 0 atom stereocenters.